The van der Waals surface area contributed by atoms with Crippen molar-refractivity contribution in [1.82, 2.24) is 9.55 Å². The van der Waals surface area contributed by atoms with Crippen LogP contribution in [0.15, 0.2) is 18.3 Å². The molecule has 0 aliphatic carbocycles. The topological polar surface area (TPSA) is 29.9 Å². The van der Waals surface area contributed by atoms with Crippen LogP contribution in [0, 0.1) is 20.8 Å². The monoisotopic (exact) mass is 263 g/mol. The second-order valence-electron chi connectivity index (χ2n) is 4.66. The minimum atomic E-state index is 0.519. The third-order valence-corrected chi connectivity index (χ3v) is 3.63. The summed E-state index contributed by atoms with van der Waals surface area (Å²) in [6, 6.07) is 4.21. The van der Waals surface area contributed by atoms with E-state index in [-0.39, 0.29) is 0 Å². The van der Waals surface area contributed by atoms with Crippen LogP contribution in [0.1, 0.15) is 22.5 Å². The SMILES string of the molecule is Cc1cnc(Cl)c(NCc2cc(C)n(C)c2C)c1. The molecule has 0 aromatic carbocycles. The summed E-state index contributed by atoms with van der Waals surface area (Å²) in [7, 11) is 2.08. The van der Waals surface area contributed by atoms with Gasteiger partial charge in [0.25, 0.3) is 0 Å². The Balaban J connectivity index is 2.16. The lowest BCUT2D eigenvalue weighted by atomic mass is 10.2. The first-order valence-electron chi connectivity index (χ1n) is 5.97. The molecule has 18 heavy (non-hydrogen) atoms. The molecule has 3 nitrogen and oxygen atoms in total. The van der Waals surface area contributed by atoms with Gasteiger partial charge in [-0.3, -0.25) is 0 Å². The number of rotatable bonds is 3. The predicted molar refractivity (Wildman–Crippen MR) is 76.2 cm³/mol. The molecule has 0 saturated heterocycles. The molecule has 0 saturated carbocycles. The third kappa shape index (κ3) is 2.51. The molecule has 2 heterocycles. The molecule has 0 amide bonds. The van der Waals surface area contributed by atoms with Crippen molar-refractivity contribution in [1.29, 1.82) is 0 Å². The molecule has 0 spiro atoms. The predicted octanol–water partition coefficient (Wildman–Crippen LogP) is 3.61. The molecule has 0 fully saturated rings. The van der Waals surface area contributed by atoms with Crippen molar-refractivity contribution in [2.24, 2.45) is 7.05 Å². The molecule has 2 aromatic heterocycles. The van der Waals surface area contributed by atoms with Gasteiger partial charge in [-0.15, -0.1) is 0 Å². The van der Waals surface area contributed by atoms with Crippen molar-refractivity contribution in [2.75, 3.05) is 5.32 Å². The van der Waals surface area contributed by atoms with Gasteiger partial charge in [0.15, 0.2) is 5.15 Å². The molecule has 96 valence electrons. The van der Waals surface area contributed by atoms with Crippen molar-refractivity contribution in [3.8, 4) is 0 Å². The maximum atomic E-state index is 6.06. The zero-order valence-electron chi connectivity index (χ0n) is 11.2. The van der Waals surface area contributed by atoms with Crippen molar-refractivity contribution in [3.05, 3.63) is 46.0 Å². The molecule has 2 aromatic rings. The van der Waals surface area contributed by atoms with Crippen LogP contribution in [0.4, 0.5) is 5.69 Å². The Hall–Kier alpha value is -1.48. The van der Waals surface area contributed by atoms with Crippen LogP contribution in [0.2, 0.25) is 5.15 Å². The number of nitrogens with zero attached hydrogens (tertiary/aromatic N) is 2. The van der Waals surface area contributed by atoms with E-state index in [4.69, 9.17) is 11.6 Å². The Morgan fingerprint density at radius 2 is 2.00 bits per heavy atom. The molecule has 4 heteroatoms. The minimum Gasteiger partial charge on any atom is -0.378 e. The summed E-state index contributed by atoms with van der Waals surface area (Å²) >= 11 is 6.06. The van der Waals surface area contributed by atoms with Crippen LogP contribution >= 0.6 is 11.6 Å². The molecule has 0 radical (unpaired) electrons. The highest BCUT2D eigenvalue weighted by molar-refractivity contribution is 6.31. The highest BCUT2D eigenvalue weighted by atomic mass is 35.5. The Labute approximate surface area is 113 Å². The molecule has 0 bridgehead atoms. The maximum absolute atomic E-state index is 6.06. The first-order valence-corrected chi connectivity index (χ1v) is 6.34. The van der Waals surface area contributed by atoms with Gasteiger partial charge >= 0.3 is 0 Å². The van der Waals surface area contributed by atoms with E-state index in [0.29, 0.717) is 5.15 Å². The van der Waals surface area contributed by atoms with Gasteiger partial charge in [0.2, 0.25) is 0 Å². The lowest BCUT2D eigenvalue weighted by Gasteiger charge is -2.09. The van der Waals surface area contributed by atoms with Crippen LogP contribution < -0.4 is 5.32 Å². The van der Waals surface area contributed by atoms with Crippen LogP contribution in [0.5, 0.6) is 0 Å². The van der Waals surface area contributed by atoms with Crippen molar-refractivity contribution in [3.63, 3.8) is 0 Å². The Morgan fingerprint density at radius 1 is 1.28 bits per heavy atom. The van der Waals surface area contributed by atoms with E-state index in [1.807, 2.05) is 13.0 Å². The number of aryl methyl sites for hydroxylation is 2. The average molecular weight is 264 g/mol. The number of halogens is 1. The zero-order valence-corrected chi connectivity index (χ0v) is 12.0. The lowest BCUT2D eigenvalue weighted by molar-refractivity contribution is 0.837. The van der Waals surface area contributed by atoms with Crippen LogP contribution in [0.25, 0.3) is 0 Å². The maximum Gasteiger partial charge on any atom is 0.152 e. The summed E-state index contributed by atoms with van der Waals surface area (Å²) in [4.78, 5) is 4.13. The van der Waals surface area contributed by atoms with Crippen LogP contribution in [-0.2, 0) is 13.6 Å². The third-order valence-electron chi connectivity index (χ3n) is 3.33. The zero-order chi connectivity index (χ0) is 13.3. The number of hydrogen-bond acceptors (Lipinski definition) is 2. The Morgan fingerprint density at radius 3 is 2.61 bits per heavy atom. The fourth-order valence-corrected chi connectivity index (χ4v) is 2.15. The average Bonchev–Trinajstić information content (AvgIpc) is 2.58. The smallest absolute Gasteiger partial charge is 0.152 e. The summed E-state index contributed by atoms with van der Waals surface area (Å²) < 4.78 is 2.19. The fraction of sp³-hybridized carbons (Fsp3) is 0.357. The lowest BCUT2D eigenvalue weighted by Crippen LogP contribution is -2.02. The molecule has 2 rings (SSSR count). The van der Waals surface area contributed by atoms with E-state index < -0.39 is 0 Å². The van der Waals surface area contributed by atoms with Gasteiger partial charge in [-0.05, 0) is 44.0 Å². The van der Waals surface area contributed by atoms with Gasteiger partial charge in [-0.2, -0.15) is 0 Å². The van der Waals surface area contributed by atoms with Crippen molar-refractivity contribution < 1.29 is 0 Å². The molecule has 1 N–H and O–H groups in total. The summed E-state index contributed by atoms with van der Waals surface area (Å²) in [6.45, 7) is 7.00. The first-order chi connectivity index (χ1) is 8.49. The van der Waals surface area contributed by atoms with E-state index in [9.17, 15) is 0 Å². The standard InChI is InChI=1S/C14H18ClN3/c1-9-5-13(14(15)17-7-9)16-8-12-6-10(2)18(4)11(12)3/h5-7,16H,8H2,1-4H3. The fourth-order valence-electron chi connectivity index (χ4n) is 1.98. The number of pyridine rings is 1. The van der Waals surface area contributed by atoms with Crippen molar-refractivity contribution >= 4 is 17.3 Å². The van der Waals surface area contributed by atoms with E-state index in [1.165, 1.54) is 17.0 Å². The van der Waals surface area contributed by atoms with E-state index in [2.05, 4.69) is 41.8 Å². The van der Waals surface area contributed by atoms with Gasteiger partial charge in [0.1, 0.15) is 0 Å². The van der Waals surface area contributed by atoms with Crippen LogP contribution in [-0.4, -0.2) is 9.55 Å². The number of anilines is 1. The molecule has 0 aliphatic heterocycles. The molecule has 0 unspecified atom stereocenters. The number of aromatic nitrogens is 2. The Kier molecular flexibility index (Phi) is 3.62. The van der Waals surface area contributed by atoms with E-state index in [0.717, 1.165) is 17.8 Å². The Bertz CT molecular complexity index is 573. The van der Waals surface area contributed by atoms with Gasteiger partial charge in [-0.25, -0.2) is 4.98 Å². The summed E-state index contributed by atoms with van der Waals surface area (Å²) in [6.07, 6.45) is 1.77. The molecule has 0 atom stereocenters. The minimum absolute atomic E-state index is 0.519. The second-order valence-corrected chi connectivity index (χ2v) is 5.02. The van der Waals surface area contributed by atoms with E-state index in [1.54, 1.807) is 6.20 Å². The number of hydrogen-bond donors (Lipinski definition) is 1. The highest BCUT2D eigenvalue weighted by Crippen LogP contribution is 2.21. The first kappa shape index (κ1) is 13.0. The molecular formula is C14H18ClN3. The van der Waals surface area contributed by atoms with Gasteiger partial charge in [0.05, 0.1) is 5.69 Å². The van der Waals surface area contributed by atoms with Crippen LogP contribution in [0.3, 0.4) is 0 Å². The molecule has 0 aliphatic rings. The highest BCUT2D eigenvalue weighted by Gasteiger charge is 2.07. The summed E-state index contributed by atoms with van der Waals surface area (Å²) in [5, 5.41) is 3.86. The normalized spacial score (nSPS) is 10.7. The quantitative estimate of drug-likeness (QED) is 0.858. The summed E-state index contributed by atoms with van der Waals surface area (Å²) in [5.74, 6) is 0. The van der Waals surface area contributed by atoms with Gasteiger partial charge in [0, 0.05) is 31.2 Å². The van der Waals surface area contributed by atoms with Crippen molar-refractivity contribution in [2.45, 2.75) is 27.3 Å². The van der Waals surface area contributed by atoms with E-state index >= 15 is 0 Å². The van der Waals surface area contributed by atoms with Gasteiger partial charge < -0.3 is 9.88 Å². The largest absolute Gasteiger partial charge is 0.378 e. The van der Waals surface area contributed by atoms with Gasteiger partial charge in [-0.1, -0.05) is 11.6 Å². The number of nitrogens with one attached hydrogen (secondary N) is 1. The second kappa shape index (κ2) is 5.02. The molecular weight excluding hydrogens is 246 g/mol. The summed E-state index contributed by atoms with van der Waals surface area (Å²) in [5.41, 5.74) is 5.81.